The Labute approximate surface area is 124 Å². The quantitative estimate of drug-likeness (QED) is 0.852. The van der Waals surface area contributed by atoms with Crippen molar-refractivity contribution >= 4 is 10.8 Å². The summed E-state index contributed by atoms with van der Waals surface area (Å²) in [4.78, 5) is 0. The van der Waals surface area contributed by atoms with Gasteiger partial charge in [0.2, 0.25) is 0 Å². The van der Waals surface area contributed by atoms with E-state index in [9.17, 15) is 14.6 Å². The van der Waals surface area contributed by atoms with Crippen LogP contribution in [-0.4, -0.2) is 21.4 Å². The van der Waals surface area contributed by atoms with Crippen LogP contribution in [-0.2, 0) is 6.42 Å². The third-order valence-electron chi connectivity index (χ3n) is 4.08. The molecular formula is C18H19FO2. The molecule has 0 aliphatic rings. The van der Waals surface area contributed by atoms with Gasteiger partial charge in [0.05, 0.1) is 16.8 Å². The zero-order chi connectivity index (χ0) is 15.8. The number of hydrogen-bond acceptors (Lipinski definition) is 2. The summed E-state index contributed by atoms with van der Waals surface area (Å²) in [7, 11) is 0. The lowest BCUT2D eigenvalue weighted by Gasteiger charge is -2.36. The van der Waals surface area contributed by atoms with E-state index in [-0.39, 0.29) is 12.0 Å². The van der Waals surface area contributed by atoms with Crippen LogP contribution in [0.2, 0.25) is 0 Å². The first-order valence-corrected chi connectivity index (χ1v) is 6.79. The van der Waals surface area contributed by atoms with E-state index < -0.39 is 17.0 Å². The first-order valence-electron chi connectivity index (χ1n) is 6.79. The number of aliphatic hydroxyl groups is 2. The highest BCUT2D eigenvalue weighted by atomic mass is 19.1. The zero-order valence-corrected chi connectivity index (χ0v) is 12.4. The smallest absolute Gasteiger partial charge is 0.139 e. The fraction of sp³-hybridized carbons (Fsp3) is 0.333. The molecule has 0 saturated heterocycles. The minimum absolute atomic E-state index is 0.173. The molecule has 0 aliphatic carbocycles. The van der Waals surface area contributed by atoms with Gasteiger partial charge in [-0.3, -0.25) is 0 Å². The summed E-state index contributed by atoms with van der Waals surface area (Å²) in [6.45, 7) is 4.64. The minimum atomic E-state index is -1.36. The van der Waals surface area contributed by atoms with E-state index in [0.717, 1.165) is 5.39 Å². The van der Waals surface area contributed by atoms with E-state index in [1.165, 1.54) is 6.07 Å². The van der Waals surface area contributed by atoms with Crippen molar-refractivity contribution < 1.29 is 14.6 Å². The second-order valence-electron chi connectivity index (χ2n) is 6.09. The molecule has 0 fully saturated rings. The second-order valence-corrected chi connectivity index (χ2v) is 6.09. The molecule has 1 unspecified atom stereocenters. The summed E-state index contributed by atoms with van der Waals surface area (Å²) >= 11 is 0. The van der Waals surface area contributed by atoms with E-state index in [2.05, 4.69) is 5.92 Å². The predicted molar refractivity (Wildman–Crippen MR) is 82.5 cm³/mol. The molecule has 0 saturated carbocycles. The van der Waals surface area contributed by atoms with Gasteiger partial charge in [-0.25, -0.2) is 4.39 Å². The maximum absolute atomic E-state index is 13.9. The first kappa shape index (κ1) is 15.5. The third kappa shape index (κ3) is 2.78. The van der Waals surface area contributed by atoms with Gasteiger partial charge >= 0.3 is 0 Å². The number of fused-ring (bicyclic) bond motifs is 1. The largest absolute Gasteiger partial charge is 0.387 e. The first-order chi connectivity index (χ1) is 9.67. The predicted octanol–water partition coefficient (Wildman–Crippen LogP) is 3.02. The molecule has 0 radical (unpaired) electrons. The summed E-state index contributed by atoms with van der Waals surface area (Å²) in [5, 5.41) is 22.0. The van der Waals surface area contributed by atoms with Crippen LogP contribution in [0.5, 0.6) is 0 Å². The van der Waals surface area contributed by atoms with Gasteiger partial charge in [-0.05, 0) is 37.8 Å². The summed E-state index contributed by atoms with van der Waals surface area (Å²) < 4.78 is 13.9. The maximum Gasteiger partial charge on any atom is 0.139 e. The Morgan fingerprint density at radius 2 is 1.81 bits per heavy atom. The van der Waals surface area contributed by atoms with Gasteiger partial charge in [0.1, 0.15) is 5.82 Å². The van der Waals surface area contributed by atoms with E-state index in [1.807, 2.05) is 12.1 Å². The SMILES string of the molecule is C#Cc1c(F)ccc2cccc(CC(C)(O)C(C)(C)O)c12. The van der Waals surface area contributed by atoms with Gasteiger partial charge in [-0.1, -0.05) is 30.2 Å². The van der Waals surface area contributed by atoms with Crippen molar-refractivity contribution in [3.05, 3.63) is 47.3 Å². The lowest BCUT2D eigenvalue weighted by atomic mass is 9.81. The van der Waals surface area contributed by atoms with Crippen molar-refractivity contribution in [2.75, 3.05) is 0 Å². The molecular weight excluding hydrogens is 267 g/mol. The molecule has 2 nitrogen and oxygen atoms in total. The molecule has 2 rings (SSSR count). The standard InChI is InChI=1S/C18H19FO2/c1-5-14-15(19)10-9-12-7-6-8-13(16(12)14)11-18(4,21)17(2,3)20/h1,6-10,20-21H,11H2,2-4H3. The van der Waals surface area contributed by atoms with Crippen molar-refractivity contribution in [2.45, 2.75) is 38.4 Å². The molecule has 0 aromatic heterocycles. The monoisotopic (exact) mass is 286 g/mol. The highest BCUT2D eigenvalue weighted by molar-refractivity contribution is 5.91. The molecule has 2 aromatic rings. The van der Waals surface area contributed by atoms with Crippen LogP contribution >= 0.6 is 0 Å². The van der Waals surface area contributed by atoms with Crippen LogP contribution in [0.25, 0.3) is 10.8 Å². The fourth-order valence-electron chi connectivity index (χ4n) is 2.31. The highest BCUT2D eigenvalue weighted by Crippen LogP contribution is 2.31. The van der Waals surface area contributed by atoms with Crippen molar-refractivity contribution in [2.24, 2.45) is 0 Å². The molecule has 0 spiro atoms. The highest BCUT2D eigenvalue weighted by Gasteiger charge is 2.38. The van der Waals surface area contributed by atoms with Crippen molar-refractivity contribution in [1.29, 1.82) is 0 Å². The Morgan fingerprint density at radius 3 is 2.38 bits per heavy atom. The third-order valence-corrected chi connectivity index (χ3v) is 4.08. The van der Waals surface area contributed by atoms with E-state index in [1.54, 1.807) is 32.9 Å². The molecule has 0 bridgehead atoms. The van der Waals surface area contributed by atoms with Crippen LogP contribution in [0.3, 0.4) is 0 Å². The second kappa shape index (κ2) is 5.14. The Kier molecular flexibility index (Phi) is 3.79. The zero-order valence-electron chi connectivity index (χ0n) is 12.4. The molecule has 21 heavy (non-hydrogen) atoms. The van der Waals surface area contributed by atoms with Crippen LogP contribution in [0, 0.1) is 18.2 Å². The van der Waals surface area contributed by atoms with Crippen molar-refractivity contribution in [1.82, 2.24) is 0 Å². The number of hydrogen-bond donors (Lipinski definition) is 2. The number of benzene rings is 2. The van der Waals surface area contributed by atoms with Gasteiger partial charge in [0.15, 0.2) is 0 Å². The topological polar surface area (TPSA) is 40.5 Å². The van der Waals surface area contributed by atoms with Gasteiger partial charge < -0.3 is 10.2 Å². The number of terminal acetylenes is 1. The van der Waals surface area contributed by atoms with Crippen LogP contribution in [0.1, 0.15) is 31.9 Å². The van der Waals surface area contributed by atoms with E-state index in [4.69, 9.17) is 6.42 Å². The Balaban J connectivity index is 2.66. The average Bonchev–Trinajstić information content (AvgIpc) is 2.37. The van der Waals surface area contributed by atoms with Crippen molar-refractivity contribution in [3.8, 4) is 12.3 Å². The normalized spacial score (nSPS) is 14.7. The Morgan fingerprint density at radius 1 is 1.14 bits per heavy atom. The lowest BCUT2D eigenvalue weighted by Crippen LogP contribution is -2.49. The molecule has 0 amide bonds. The molecule has 110 valence electrons. The fourth-order valence-corrected chi connectivity index (χ4v) is 2.31. The summed E-state index contributed by atoms with van der Waals surface area (Å²) in [6.07, 6.45) is 5.61. The van der Waals surface area contributed by atoms with Gasteiger partial charge in [0, 0.05) is 11.8 Å². The Bertz CT molecular complexity index is 718. The van der Waals surface area contributed by atoms with Gasteiger partial charge in [-0.15, -0.1) is 6.42 Å². The number of rotatable bonds is 3. The van der Waals surface area contributed by atoms with E-state index >= 15 is 0 Å². The van der Waals surface area contributed by atoms with E-state index in [0.29, 0.717) is 10.9 Å². The molecule has 0 aliphatic heterocycles. The number of halogens is 1. The maximum atomic E-state index is 13.9. The lowest BCUT2D eigenvalue weighted by molar-refractivity contribution is -0.118. The van der Waals surface area contributed by atoms with Gasteiger partial charge in [-0.2, -0.15) is 0 Å². The van der Waals surface area contributed by atoms with Gasteiger partial charge in [0.25, 0.3) is 0 Å². The molecule has 2 aromatic carbocycles. The summed E-state index contributed by atoms with van der Waals surface area (Å²) in [5.41, 5.74) is -1.75. The molecule has 2 N–H and O–H groups in total. The Hall–Kier alpha value is -1.89. The summed E-state index contributed by atoms with van der Waals surface area (Å²) in [5.74, 6) is 1.93. The van der Waals surface area contributed by atoms with Crippen molar-refractivity contribution in [3.63, 3.8) is 0 Å². The molecule has 0 heterocycles. The van der Waals surface area contributed by atoms with Crippen LogP contribution < -0.4 is 0 Å². The molecule has 1 atom stereocenters. The van der Waals surface area contributed by atoms with Crippen LogP contribution in [0.4, 0.5) is 4.39 Å². The van der Waals surface area contributed by atoms with Crippen LogP contribution in [0.15, 0.2) is 30.3 Å². The average molecular weight is 286 g/mol. The molecule has 3 heteroatoms. The minimum Gasteiger partial charge on any atom is -0.387 e. The summed E-state index contributed by atoms with van der Waals surface area (Å²) in [6, 6.07) is 8.47.